The van der Waals surface area contributed by atoms with Crippen molar-refractivity contribution in [1.82, 2.24) is 9.38 Å². The van der Waals surface area contributed by atoms with Crippen LogP contribution in [0.5, 0.6) is 5.75 Å². The molecule has 0 fully saturated rings. The van der Waals surface area contributed by atoms with E-state index in [0.29, 0.717) is 0 Å². The number of nitrogens with zero attached hydrogens (tertiary/aromatic N) is 2. The molecule has 2 aromatic heterocycles. The Balaban J connectivity index is 0.00000161. The van der Waals surface area contributed by atoms with Gasteiger partial charge in [0, 0.05) is 22.4 Å². The number of aromatic nitrogens is 2. The van der Waals surface area contributed by atoms with Crippen molar-refractivity contribution in [1.29, 1.82) is 0 Å². The molecule has 2 heterocycles. The van der Waals surface area contributed by atoms with Gasteiger partial charge in [0.2, 0.25) is 0 Å². The van der Waals surface area contributed by atoms with Crippen molar-refractivity contribution in [2.45, 2.75) is 20.0 Å². The second-order valence-corrected chi connectivity index (χ2v) is 5.85. The second-order valence-electron chi connectivity index (χ2n) is 4.93. The Labute approximate surface area is 149 Å². The van der Waals surface area contributed by atoms with Crippen LogP contribution < -0.4 is 4.74 Å². The Bertz CT molecular complexity index is 738. The molecule has 5 heteroatoms. The molecule has 0 unspecified atom stereocenters. The zero-order valence-corrected chi connectivity index (χ0v) is 15.7. The van der Waals surface area contributed by atoms with E-state index in [4.69, 9.17) is 4.74 Å². The van der Waals surface area contributed by atoms with Crippen LogP contribution in [0, 0.1) is 0 Å². The first kappa shape index (κ1) is 16.3. The van der Waals surface area contributed by atoms with Crippen LogP contribution >= 0.6 is 39.9 Å². The summed E-state index contributed by atoms with van der Waals surface area (Å²) in [6.07, 6.45) is 4.22. The number of pyridine rings is 1. The highest BCUT2D eigenvalue weighted by molar-refractivity contribution is 14.0. The molecule has 0 atom stereocenters. The van der Waals surface area contributed by atoms with E-state index in [1.54, 1.807) is 0 Å². The van der Waals surface area contributed by atoms with Gasteiger partial charge in [0.15, 0.2) is 0 Å². The molecule has 21 heavy (non-hydrogen) atoms. The predicted molar refractivity (Wildman–Crippen MR) is 99.5 cm³/mol. The molecule has 0 aliphatic rings. The molecule has 0 radical (unpaired) electrons. The van der Waals surface area contributed by atoms with E-state index in [1.165, 1.54) is 0 Å². The highest BCUT2D eigenvalue weighted by Gasteiger charge is 2.05. The Morgan fingerprint density at radius 3 is 2.43 bits per heavy atom. The predicted octanol–water partition coefficient (Wildman–Crippen LogP) is 5.17. The van der Waals surface area contributed by atoms with Crippen LogP contribution in [0.1, 0.15) is 13.8 Å². The summed E-state index contributed by atoms with van der Waals surface area (Å²) in [4.78, 5) is 4.62. The van der Waals surface area contributed by atoms with Crippen molar-refractivity contribution in [3.8, 4) is 17.0 Å². The molecule has 0 saturated carbocycles. The largest absolute Gasteiger partial charge is 0.491 e. The van der Waals surface area contributed by atoms with Crippen LogP contribution in [0.4, 0.5) is 0 Å². The van der Waals surface area contributed by atoms with Crippen LogP contribution in [0.25, 0.3) is 16.9 Å². The van der Waals surface area contributed by atoms with Crippen molar-refractivity contribution in [2.75, 3.05) is 0 Å². The van der Waals surface area contributed by atoms with E-state index < -0.39 is 0 Å². The zero-order chi connectivity index (χ0) is 14.1. The SMILES string of the molecule is CC(C)Oc1ccc(-c2cn3cc(Br)ccc3n2)cc1.I. The first-order valence-corrected chi connectivity index (χ1v) is 7.32. The molecule has 0 amide bonds. The smallest absolute Gasteiger partial charge is 0.137 e. The average Bonchev–Trinajstić information content (AvgIpc) is 2.81. The fraction of sp³-hybridized carbons (Fsp3) is 0.188. The molecule has 3 aromatic rings. The molecule has 0 N–H and O–H groups in total. The minimum absolute atomic E-state index is 0. The monoisotopic (exact) mass is 458 g/mol. The number of fused-ring (bicyclic) bond motifs is 1. The molecule has 110 valence electrons. The molecule has 1 aromatic carbocycles. The van der Waals surface area contributed by atoms with E-state index in [0.717, 1.165) is 27.1 Å². The standard InChI is InChI=1S/C16H15BrN2O.HI/c1-11(2)20-14-6-3-12(4-7-14)15-10-19-9-13(17)5-8-16(19)18-15;/h3-11H,1-2H3;1H. The molecule has 0 spiro atoms. The fourth-order valence-electron chi connectivity index (χ4n) is 2.08. The summed E-state index contributed by atoms with van der Waals surface area (Å²) in [5.41, 5.74) is 2.98. The van der Waals surface area contributed by atoms with Crippen molar-refractivity contribution in [3.63, 3.8) is 0 Å². The summed E-state index contributed by atoms with van der Waals surface area (Å²) in [5.74, 6) is 0.884. The third-order valence-corrected chi connectivity index (χ3v) is 3.41. The first-order valence-electron chi connectivity index (χ1n) is 6.53. The van der Waals surface area contributed by atoms with Gasteiger partial charge in [-0.3, -0.25) is 0 Å². The summed E-state index contributed by atoms with van der Waals surface area (Å²) >= 11 is 3.47. The van der Waals surface area contributed by atoms with Crippen molar-refractivity contribution in [3.05, 3.63) is 53.3 Å². The summed E-state index contributed by atoms with van der Waals surface area (Å²) in [7, 11) is 0. The lowest BCUT2D eigenvalue weighted by Crippen LogP contribution is -2.05. The Morgan fingerprint density at radius 1 is 1.05 bits per heavy atom. The van der Waals surface area contributed by atoms with Gasteiger partial charge in [0.1, 0.15) is 11.4 Å². The summed E-state index contributed by atoms with van der Waals surface area (Å²) in [5, 5.41) is 0. The van der Waals surface area contributed by atoms with Crippen LogP contribution in [0.15, 0.2) is 53.3 Å². The third kappa shape index (κ3) is 3.77. The highest BCUT2D eigenvalue weighted by atomic mass is 127. The topological polar surface area (TPSA) is 26.5 Å². The van der Waals surface area contributed by atoms with Crippen molar-refractivity contribution >= 4 is 45.6 Å². The summed E-state index contributed by atoms with van der Waals surface area (Å²) < 4.78 is 8.70. The third-order valence-electron chi connectivity index (χ3n) is 2.94. The molecule has 0 aliphatic carbocycles. The van der Waals surface area contributed by atoms with Gasteiger partial charge in [-0.25, -0.2) is 4.98 Å². The molecular formula is C16H16BrIN2O. The molecule has 3 nitrogen and oxygen atoms in total. The molecular weight excluding hydrogens is 443 g/mol. The van der Waals surface area contributed by atoms with Crippen LogP contribution in [0.2, 0.25) is 0 Å². The number of hydrogen-bond acceptors (Lipinski definition) is 2. The fourth-order valence-corrected chi connectivity index (χ4v) is 2.43. The average molecular weight is 459 g/mol. The van der Waals surface area contributed by atoms with E-state index in [9.17, 15) is 0 Å². The van der Waals surface area contributed by atoms with Gasteiger partial charge in [0.05, 0.1) is 11.8 Å². The lowest BCUT2D eigenvalue weighted by Gasteiger charge is -2.09. The number of imidazole rings is 1. The Hall–Kier alpha value is -1.08. The number of hydrogen-bond donors (Lipinski definition) is 0. The maximum atomic E-state index is 5.65. The lowest BCUT2D eigenvalue weighted by molar-refractivity contribution is 0.242. The van der Waals surface area contributed by atoms with E-state index in [2.05, 4.69) is 20.9 Å². The van der Waals surface area contributed by atoms with Crippen molar-refractivity contribution in [2.24, 2.45) is 0 Å². The second kappa shape index (κ2) is 6.79. The van der Waals surface area contributed by atoms with E-state index in [1.807, 2.05) is 67.0 Å². The first-order chi connectivity index (χ1) is 9.61. The van der Waals surface area contributed by atoms with Gasteiger partial charge in [0.25, 0.3) is 0 Å². The number of ether oxygens (including phenoxy) is 1. The number of benzene rings is 1. The maximum Gasteiger partial charge on any atom is 0.137 e. The highest BCUT2D eigenvalue weighted by Crippen LogP contribution is 2.23. The normalized spacial score (nSPS) is 10.7. The summed E-state index contributed by atoms with van der Waals surface area (Å²) in [6.45, 7) is 4.04. The van der Waals surface area contributed by atoms with E-state index >= 15 is 0 Å². The molecule has 0 saturated heterocycles. The number of halogens is 2. The van der Waals surface area contributed by atoms with E-state index in [-0.39, 0.29) is 30.1 Å². The van der Waals surface area contributed by atoms with Crippen molar-refractivity contribution < 1.29 is 4.74 Å². The van der Waals surface area contributed by atoms with Gasteiger partial charge in [-0.05, 0) is 66.2 Å². The summed E-state index contributed by atoms with van der Waals surface area (Å²) in [6, 6.07) is 12.0. The minimum atomic E-state index is 0. The zero-order valence-electron chi connectivity index (χ0n) is 11.8. The number of rotatable bonds is 3. The van der Waals surface area contributed by atoms with Crippen LogP contribution in [-0.2, 0) is 0 Å². The Kier molecular flexibility index (Phi) is 5.27. The van der Waals surface area contributed by atoms with Gasteiger partial charge < -0.3 is 9.14 Å². The minimum Gasteiger partial charge on any atom is -0.491 e. The van der Waals surface area contributed by atoms with Gasteiger partial charge >= 0.3 is 0 Å². The molecule has 0 bridgehead atoms. The van der Waals surface area contributed by atoms with Gasteiger partial charge in [-0.2, -0.15) is 0 Å². The van der Waals surface area contributed by atoms with Gasteiger partial charge in [-0.15, -0.1) is 24.0 Å². The molecule has 3 rings (SSSR count). The lowest BCUT2D eigenvalue weighted by atomic mass is 10.1. The quantitative estimate of drug-likeness (QED) is 0.506. The van der Waals surface area contributed by atoms with Crippen LogP contribution in [0.3, 0.4) is 0 Å². The maximum absolute atomic E-state index is 5.65. The Morgan fingerprint density at radius 2 is 1.76 bits per heavy atom. The molecule has 0 aliphatic heterocycles. The van der Waals surface area contributed by atoms with Crippen LogP contribution in [-0.4, -0.2) is 15.5 Å². The van der Waals surface area contributed by atoms with Gasteiger partial charge in [-0.1, -0.05) is 0 Å².